The summed E-state index contributed by atoms with van der Waals surface area (Å²) in [7, 11) is 0. The van der Waals surface area contributed by atoms with Crippen molar-refractivity contribution in [3.8, 4) is 17.2 Å². The number of benzene rings is 1. The maximum absolute atomic E-state index is 13.0. The van der Waals surface area contributed by atoms with Gasteiger partial charge in [-0.2, -0.15) is 0 Å². The van der Waals surface area contributed by atoms with Gasteiger partial charge in [0.15, 0.2) is 5.75 Å². The molecule has 0 N–H and O–H groups in total. The number of hydrogen-bond donors (Lipinski definition) is 0. The summed E-state index contributed by atoms with van der Waals surface area (Å²) >= 11 is 0. The van der Waals surface area contributed by atoms with Gasteiger partial charge in [0, 0.05) is 6.07 Å². The second-order valence-corrected chi connectivity index (χ2v) is 10.6. The van der Waals surface area contributed by atoms with Crippen LogP contribution in [0.15, 0.2) is 86.2 Å². The predicted octanol–water partition coefficient (Wildman–Crippen LogP) is 9.67. The lowest BCUT2D eigenvalue weighted by Gasteiger charge is -2.14. The van der Waals surface area contributed by atoms with Gasteiger partial charge >= 0.3 is 5.63 Å². The molecule has 0 amide bonds. The van der Waals surface area contributed by atoms with Crippen molar-refractivity contribution >= 4 is 11.0 Å². The lowest BCUT2D eigenvalue weighted by Crippen LogP contribution is -2.11. The monoisotopic (exact) mass is 548 g/mol. The fraction of sp³-hybridized carbons (Fsp3) is 0.457. The molecule has 40 heavy (non-hydrogen) atoms. The molecule has 0 aliphatic rings. The largest absolute Gasteiger partial charge is 0.489 e. The molecule has 0 unspecified atom stereocenters. The minimum atomic E-state index is -0.561. The standard InChI is InChI=1S/C35H48O5/c1-8-9-10-11-22-38-33-31-19-18-30(37-23-20-28(6)16-12-14-26(2)3)25-32(31)40-35(36)34(33)39-24-21-29(7)17-13-15-27(4)5/h9-10,14-15,18-21,25H,8,11-13,16-17,22-24H2,1-7H3/b10-9?,28-20+,29-21+. The molecule has 2 rings (SSSR count). The molecule has 1 heterocycles. The van der Waals surface area contributed by atoms with Crippen molar-refractivity contribution in [2.75, 3.05) is 19.8 Å². The first-order valence-corrected chi connectivity index (χ1v) is 14.4. The number of allylic oxidation sites excluding steroid dienone is 7. The Bertz CT molecular complexity index is 1280. The van der Waals surface area contributed by atoms with E-state index < -0.39 is 5.63 Å². The van der Waals surface area contributed by atoms with Crippen molar-refractivity contribution in [2.24, 2.45) is 0 Å². The summed E-state index contributed by atoms with van der Waals surface area (Å²) in [6, 6.07) is 5.48. The van der Waals surface area contributed by atoms with E-state index in [9.17, 15) is 4.79 Å². The topological polar surface area (TPSA) is 57.9 Å². The molecule has 0 spiro atoms. The average molecular weight is 549 g/mol. The maximum atomic E-state index is 13.0. The molecule has 0 bridgehead atoms. The van der Waals surface area contributed by atoms with E-state index in [1.165, 1.54) is 22.3 Å². The van der Waals surface area contributed by atoms with Crippen LogP contribution in [0.1, 0.15) is 87.0 Å². The molecule has 0 radical (unpaired) electrons. The molecule has 5 nitrogen and oxygen atoms in total. The Kier molecular flexibility index (Phi) is 14.7. The van der Waals surface area contributed by atoms with Crippen molar-refractivity contribution < 1.29 is 18.6 Å². The summed E-state index contributed by atoms with van der Waals surface area (Å²) in [5.74, 6) is 1.14. The van der Waals surface area contributed by atoms with Gasteiger partial charge in [-0.25, -0.2) is 4.79 Å². The minimum absolute atomic E-state index is 0.101. The molecule has 218 valence electrons. The molecular formula is C35H48O5. The predicted molar refractivity (Wildman–Crippen MR) is 168 cm³/mol. The van der Waals surface area contributed by atoms with Crippen LogP contribution in [0.4, 0.5) is 0 Å². The summed E-state index contributed by atoms with van der Waals surface area (Å²) < 4.78 is 23.7. The highest BCUT2D eigenvalue weighted by Crippen LogP contribution is 2.35. The van der Waals surface area contributed by atoms with Crippen LogP contribution >= 0.6 is 0 Å². The van der Waals surface area contributed by atoms with Crippen LogP contribution in [-0.2, 0) is 0 Å². The zero-order valence-corrected chi connectivity index (χ0v) is 25.6. The lowest BCUT2D eigenvalue weighted by atomic mass is 10.1. The zero-order valence-electron chi connectivity index (χ0n) is 25.6. The molecule has 5 heteroatoms. The van der Waals surface area contributed by atoms with E-state index >= 15 is 0 Å². The van der Waals surface area contributed by atoms with E-state index in [1.807, 2.05) is 18.2 Å². The minimum Gasteiger partial charge on any atom is -0.489 e. The quantitative estimate of drug-likeness (QED) is 0.112. The Morgan fingerprint density at radius 3 is 1.98 bits per heavy atom. The van der Waals surface area contributed by atoms with Gasteiger partial charge in [-0.3, -0.25) is 0 Å². The van der Waals surface area contributed by atoms with Crippen molar-refractivity contribution in [1.29, 1.82) is 0 Å². The van der Waals surface area contributed by atoms with Gasteiger partial charge in [-0.05, 0) is 104 Å². The van der Waals surface area contributed by atoms with Gasteiger partial charge < -0.3 is 18.6 Å². The molecule has 1 aromatic carbocycles. The van der Waals surface area contributed by atoms with Crippen LogP contribution in [-0.4, -0.2) is 19.8 Å². The van der Waals surface area contributed by atoms with E-state index in [2.05, 4.69) is 78.8 Å². The second-order valence-electron chi connectivity index (χ2n) is 10.6. The van der Waals surface area contributed by atoms with Crippen molar-refractivity contribution in [2.45, 2.75) is 87.0 Å². The summed E-state index contributed by atoms with van der Waals surface area (Å²) in [6.07, 6.45) is 18.4. The number of fused-ring (bicyclic) bond motifs is 1. The third kappa shape index (κ3) is 12.1. The third-order valence-electron chi connectivity index (χ3n) is 6.25. The first kappa shape index (κ1) is 32.7. The van der Waals surface area contributed by atoms with Crippen molar-refractivity contribution in [3.63, 3.8) is 0 Å². The Hall–Kier alpha value is -3.47. The van der Waals surface area contributed by atoms with Gasteiger partial charge in [-0.1, -0.05) is 53.5 Å². The Labute approximate surface area is 240 Å². The third-order valence-corrected chi connectivity index (χ3v) is 6.25. The molecule has 0 aliphatic carbocycles. The highest BCUT2D eigenvalue weighted by molar-refractivity contribution is 5.86. The van der Waals surface area contributed by atoms with E-state index in [0.29, 0.717) is 35.7 Å². The number of rotatable bonds is 17. The highest BCUT2D eigenvalue weighted by Gasteiger charge is 2.18. The molecule has 0 saturated carbocycles. The summed E-state index contributed by atoms with van der Waals surface area (Å²) in [5.41, 5.74) is 4.97. The van der Waals surface area contributed by atoms with Crippen LogP contribution in [0.25, 0.3) is 11.0 Å². The maximum Gasteiger partial charge on any atom is 0.383 e. The number of ether oxygens (including phenoxy) is 3. The smallest absolute Gasteiger partial charge is 0.383 e. The van der Waals surface area contributed by atoms with Gasteiger partial charge in [0.25, 0.3) is 0 Å². The first-order valence-electron chi connectivity index (χ1n) is 14.4. The number of hydrogen-bond acceptors (Lipinski definition) is 5. The van der Waals surface area contributed by atoms with Gasteiger partial charge in [0.1, 0.15) is 24.5 Å². The Morgan fingerprint density at radius 1 is 0.750 bits per heavy atom. The van der Waals surface area contributed by atoms with Crippen molar-refractivity contribution in [3.05, 3.63) is 87.4 Å². The molecule has 0 atom stereocenters. The summed E-state index contributed by atoms with van der Waals surface area (Å²) in [5, 5.41) is 0.680. The summed E-state index contributed by atoms with van der Waals surface area (Å²) in [6.45, 7) is 15.8. The second kappa shape index (κ2) is 18.0. The Morgan fingerprint density at radius 2 is 1.38 bits per heavy atom. The molecule has 0 saturated heterocycles. The SMILES string of the molecule is CCC=CCCOc1c(OC/C=C(\C)CCC=C(C)C)c(=O)oc2cc(OC/C=C(\C)CCC=C(C)C)ccc12. The van der Waals surface area contributed by atoms with Gasteiger partial charge in [-0.15, -0.1) is 0 Å². The molecular weight excluding hydrogens is 500 g/mol. The van der Waals surface area contributed by atoms with Crippen LogP contribution in [0.5, 0.6) is 17.2 Å². The normalized spacial score (nSPS) is 12.1. The van der Waals surface area contributed by atoms with Gasteiger partial charge in [0.2, 0.25) is 5.75 Å². The molecule has 0 fully saturated rings. The van der Waals surface area contributed by atoms with Gasteiger partial charge in [0.05, 0.1) is 12.0 Å². The zero-order chi connectivity index (χ0) is 29.3. The van der Waals surface area contributed by atoms with E-state index in [1.54, 1.807) is 6.07 Å². The highest BCUT2D eigenvalue weighted by atomic mass is 16.5. The van der Waals surface area contributed by atoms with Crippen LogP contribution in [0.3, 0.4) is 0 Å². The van der Waals surface area contributed by atoms with Crippen molar-refractivity contribution in [1.82, 2.24) is 0 Å². The van der Waals surface area contributed by atoms with Crippen LogP contribution < -0.4 is 19.8 Å². The first-order chi connectivity index (χ1) is 19.2. The molecule has 0 aliphatic heterocycles. The lowest BCUT2D eigenvalue weighted by molar-refractivity contribution is 0.279. The summed E-state index contributed by atoms with van der Waals surface area (Å²) in [4.78, 5) is 13.0. The molecule has 1 aromatic heterocycles. The van der Waals surface area contributed by atoms with Crippen LogP contribution in [0.2, 0.25) is 0 Å². The van der Waals surface area contributed by atoms with E-state index in [0.717, 1.165) is 38.5 Å². The molecule has 2 aromatic rings. The fourth-order valence-corrected chi connectivity index (χ4v) is 3.94. The van der Waals surface area contributed by atoms with Crippen LogP contribution in [0, 0.1) is 0 Å². The fourth-order valence-electron chi connectivity index (χ4n) is 3.94. The van der Waals surface area contributed by atoms with E-state index in [-0.39, 0.29) is 12.4 Å². The van der Waals surface area contributed by atoms with E-state index in [4.69, 9.17) is 18.6 Å². The average Bonchev–Trinajstić information content (AvgIpc) is 2.89. The Balaban J connectivity index is 2.21.